The minimum absolute atomic E-state index is 0.0459. The molecule has 1 aliphatic heterocycles. The van der Waals surface area contributed by atoms with Crippen molar-refractivity contribution in [1.82, 2.24) is 10.6 Å². The van der Waals surface area contributed by atoms with E-state index in [0.29, 0.717) is 17.9 Å². The summed E-state index contributed by atoms with van der Waals surface area (Å²) >= 11 is 0. The Morgan fingerprint density at radius 3 is 3.06 bits per heavy atom. The number of hydrogen-bond donors (Lipinski definition) is 2. The third-order valence-corrected chi connectivity index (χ3v) is 2.99. The first-order valence-corrected chi connectivity index (χ1v) is 6.54. The van der Waals surface area contributed by atoms with Gasteiger partial charge in [0.2, 0.25) is 0 Å². The van der Waals surface area contributed by atoms with E-state index in [4.69, 9.17) is 4.74 Å². The van der Waals surface area contributed by atoms with Crippen LogP contribution in [-0.2, 0) is 0 Å². The third-order valence-electron chi connectivity index (χ3n) is 2.99. The fourth-order valence-electron chi connectivity index (χ4n) is 2.03. The molecule has 0 radical (unpaired) electrons. The Bertz CT molecular complexity index is 401. The van der Waals surface area contributed by atoms with Crippen molar-refractivity contribution in [2.45, 2.75) is 25.8 Å². The Hall–Kier alpha value is -1.55. The fourth-order valence-corrected chi connectivity index (χ4v) is 2.03. The van der Waals surface area contributed by atoms with Gasteiger partial charge in [0, 0.05) is 12.6 Å². The molecule has 1 aromatic carbocycles. The lowest BCUT2D eigenvalue weighted by atomic mass is 10.1. The number of carbonyl (C=O) groups excluding carboxylic acids is 1. The Balaban J connectivity index is 2.03. The molecule has 0 spiro atoms. The monoisotopic (exact) mass is 248 g/mol. The van der Waals surface area contributed by atoms with Crippen LogP contribution in [0.4, 0.5) is 0 Å². The summed E-state index contributed by atoms with van der Waals surface area (Å²) in [6, 6.07) is 7.64. The van der Waals surface area contributed by atoms with E-state index in [0.717, 1.165) is 25.9 Å². The van der Waals surface area contributed by atoms with Crippen molar-refractivity contribution >= 4 is 5.91 Å². The van der Waals surface area contributed by atoms with Gasteiger partial charge in [0.25, 0.3) is 5.91 Å². The molecule has 18 heavy (non-hydrogen) atoms. The Labute approximate surface area is 108 Å². The Morgan fingerprint density at radius 2 is 2.33 bits per heavy atom. The zero-order valence-electron chi connectivity index (χ0n) is 10.7. The molecule has 0 saturated carbocycles. The van der Waals surface area contributed by atoms with E-state index in [1.54, 1.807) is 0 Å². The van der Waals surface area contributed by atoms with Crippen LogP contribution in [0, 0.1) is 0 Å². The topological polar surface area (TPSA) is 50.4 Å². The molecule has 1 fully saturated rings. The quantitative estimate of drug-likeness (QED) is 0.831. The zero-order chi connectivity index (χ0) is 12.8. The molecule has 1 amide bonds. The van der Waals surface area contributed by atoms with Crippen LogP contribution in [0.1, 0.15) is 30.1 Å². The molecule has 0 unspecified atom stereocenters. The van der Waals surface area contributed by atoms with Crippen molar-refractivity contribution in [2.24, 2.45) is 0 Å². The summed E-state index contributed by atoms with van der Waals surface area (Å²) < 4.78 is 5.60. The average molecular weight is 248 g/mol. The van der Waals surface area contributed by atoms with Gasteiger partial charge in [-0.15, -0.1) is 0 Å². The van der Waals surface area contributed by atoms with Crippen LogP contribution in [0.3, 0.4) is 0 Å². The van der Waals surface area contributed by atoms with Crippen LogP contribution in [0.2, 0.25) is 0 Å². The van der Waals surface area contributed by atoms with Crippen LogP contribution >= 0.6 is 0 Å². The van der Waals surface area contributed by atoms with Gasteiger partial charge >= 0.3 is 0 Å². The Kier molecular flexibility index (Phi) is 4.59. The van der Waals surface area contributed by atoms with Gasteiger partial charge in [0.15, 0.2) is 0 Å². The second-order valence-electron chi connectivity index (χ2n) is 4.51. The summed E-state index contributed by atoms with van der Waals surface area (Å²) in [6.45, 7) is 4.50. The summed E-state index contributed by atoms with van der Waals surface area (Å²) in [5.41, 5.74) is 0.623. The molecular weight excluding hydrogens is 228 g/mol. The van der Waals surface area contributed by atoms with Gasteiger partial charge < -0.3 is 15.4 Å². The van der Waals surface area contributed by atoms with Crippen LogP contribution in [0.5, 0.6) is 5.75 Å². The maximum atomic E-state index is 12.2. The third kappa shape index (κ3) is 3.23. The molecule has 0 bridgehead atoms. The molecule has 1 atom stereocenters. The lowest BCUT2D eigenvalue weighted by Gasteiger charge is -2.14. The van der Waals surface area contributed by atoms with E-state index in [1.807, 2.05) is 31.2 Å². The number of ether oxygens (including phenoxy) is 1. The molecular formula is C14H20N2O2. The maximum Gasteiger partial charge on any atom is 0.255 e. The number of para-hydroxylation sites is 1. The zero-order valence-corrected chi connectivity index (χ0v) is 10.7. The highest BCUT2D eigenvalue weighted by Crippen LogP contribution is 2.18. The number of amides is 1. The molecule has 1 aliphatic rings. The molecule has 1 saturated heterocycles. The summed E-state index contributed by atoms with van der Waals surface area (Å²) in [6.07, 6.45) is 1.92. The van der Waals surface area contributed by atoms with Gasteiger partial charge in [0.1, 0.15) is 5.75 Å². The standard InChI is InChI=1S/C14H20N2O2/c1-2-9-18-13-6-4-3-5-12(13)14(17)16-11-7-8-15-10-11/h3-6,11,15H,2,7-10H2,1H3,(H,16,17)/t11-/m1/s1. The molecule has 98 valence electrons. The van der Waals surface area contributed by atoms with Gasteiger partial charge in [0.05, 0.1) is 12.2 Å². The minimum Gasteiger partial charge on any atom is -0.493 e. The molecule has 2 rings (SSSR count). The van der Waals surface area contributed by atoms with Crippen molar-refractivity contribution in [3.8, 4) is 5.75 Å². The van der Waals surface area contributed by atoms with E-state index in [9.17, 15) is 4.79 Å². The van der Waals surface area contributed by atoms with Crippen molar-refractivity contribution < 1.29 is 9.53 Å². The SMILES string of the molecule is CCCOc1ccccc1C(=O)N[C@@H]1CCNC1. The van der Waals surface area contributed by atoms with E-state index in [2.05, 4.69) is 10.6 Å². The van der Waals surface area contributed by atoms with E-state index in [-0.39, 0.29) is 11.9 Å². The van der Waals surface area contributed by atoms with Crippen molar-refractivity contribution in [3.63, 3.8) is 0 Å². The molecule has 2 N–H and O–H groups in total. The fraction of sp³-hybridized carbons (Fsp3) is 0.500. The largest absolute Gasteiger partial charge is 0.493 e. The van der Waals surface area contributed by atoms with Crippen LogP contribution in [0.25, 0.3) is 0 Å². The Morgan fingerprint density at radius 1 is 1.50 bits per heavy atom. The first-order chi connectivity index (χ1) is 8.81. The highest BCUT2D eigenvalue weighted by Gasteiger charge is 2.19. The lowest BCUT2D eigenvalue weighted by Crippen LogP contribution is -2.36. The normalized spacial score (nSPS) is 18.6. The molecule has 1 aromatic rings. The van der Waals surface area contributed by atoms with Gasteiger partial charge in [-0.1, -0.05) is 19.1 Å². The molecule has 0 aliphatic carbocycles. The average Bonchev–Trinajstić information content (AvgIpc) is 2.89. The van der Waals surface area contributed by atoms with E-state index >= 15 is 0 Å². The van der Waals surface area contributed by atoms with Gasteiger partial charge in [-0.05, 0) is 31.5 Å². The molecule has 4 heteroatoms. The smallest absolute Gasteiger partial charge is 0.255 e. The van der Waals surface area contributed by atoms with Crippen molar-refractivity contribution in [3.05, 3.63) is 29.8 Å². The first-order valence-electron chi connectivity index (χ1n) is 6.54. The highest BCUT2D eigenvalue weighted by atomic mass is 16.5. The summed E-state index contributed by atoms with van der Waals surface area (Å²) in [5.74, 6) is 0.623. The number of nitrogens with one attached hydrogen (secondary N) is 2. The minimum atomic E-state index is -0.0459. The first kappa shape index (κ1) is 12.9. The second-order valence-corrected chi connectivity index (χ2v) is 4.51. The predicted molar refractivity (Wildman–Crippen MR) is 71.0 cm³/mol. The van der Waals surface area contributed by atoms with Gasteiger partial charge in [-0.25, -0.2) is 0 Å². The maximum absolute atomic E-state index is 12.2. The number of benzene rings is 1. The van der Waals surface area contributed by atoms with Crippen LogP contribution in [0.15, 0.2) is 24.3 Å². The van der Waals surface area contributed by atoms with E-state index in [1.165, 1.54) is 0 Å². The summed E-state index contributed by atoms with van der Waals surface area (Å²) in [4.78, 5) is 12.2. The van der Waals surface area contributed by atoms with E-state index < -0.39 is 0 Å². The molecule has 4 nitrogen and oxygen atoms in total. The number of carbonyl (C=O) groups is 1. The lowest BCUT2D eigenvalue weighted by molar-refractivity contribution is 0.0936. The number of hydrogen-bond acceptors (Lipinski definition) is 3. The van der Waals surface area contributed by atoms with Gasteiger partial charge in [-0.2, -0.15) is 0 Å². The van der Waals surface area contributed by atoms with Crippen molar-refractivity contribution in [2.75, 3.05) is 19.7 Å². The second kappa shape index (κ2) is 6.40. The number of rotatable bonds is 5. The van der Waals surface area contributed by atoms with Gasteiger partial charge in [-0.3, -0.25) is 4.79 Å². The summed E-state index contributed by atoms with van der Waals surface area (Å²) in [5, 5.41) is 6.26. The molecule has 1 heterocycles. The van der Waals surface area contributed by atoms with Crippen LogP contribution < -0.4 is 15.4 Å². The van der Waals surface area contributed by atoms with Crippen molar-refractivity contribution in [1.29, 1.82) is 0 Å². The molecule has 0 aromatic heterocycles. The summed E-state index contributed by atoms with van der Waals surface area (Å²) in [7, 11) is 0. The predicted octanol–water partition coefficient (Wildman–Crippen LogP) is 1.57. The highest BCUT2D eigenvalue weighted by molar-refractivity contribution is 5.97. The van der Waals surface area contributed by atoms with Crippen LogP contribution in [-0.4, -0.2) is 31.6 Å².